The number of amides is 1. The Labute approximate surface area is 165 Å². The maximum absolute atomic E-state index is 11.3. The number of aliphatic hydroxyl groups is 1. The lowest BCUT2D eigenvalue weighted by Gasteiger charge is -2.27. The Morgan fingerprint density at radius 1 is 1.39 bits per heavy atom. The molecule has 0 aliphatic carbocycles. The Hall–Kier alpha value is -3.26. The van der Waals surface area contributed by atoms with E-state index in [1.165, 1.54) is 6.20 Å². The summed E-state index contributed by atoms with van der Waals surface area (Å²) in [5.41, 5.74) is 12.9. The molecule has 0 radical (unpaired) electrons. The van der Waals surface area contributed by atoms with Gasteiger partial charge in [-0.05, 0) is 31.0 Å². The quantitative estimate of drug-likeness (QED) is 0.157. The van der Waals surface area contributed by atoms with Crippen LogP contribution in [-0.2, 0) is 4.79 Å². The summed E-state index contributed by atoms with van der Waals surface area (Å²) in [6.45, 7) is 3.26. The van der Waals surface area contributed by atoms with Crippen molar-refractivity contribution in [2.24, 2.45) is 16.1 Å². The fraction of sp³-hybridized carbons (Fsp3) is 0.300. The highest BCUT2D eigenvalue weighted by molar-refractivity contribution is 6.10. The second-order valence-corrected chi connectivity index (χ2v) is 6.38. The third-order valence-corrected chi connectivity index (χ3v) is 4.18. The van der Waals surface area contributed by atoms with E-state index in [0.29, 0.717) is 23.2 Å². The molecule has 0 aromatic heterocycles. The summed E-state index contributed by atoms with van der Waals surface area (Å²) in [5, 5.41) is 27.1. The molecule has 1 unspecified atom stereocenters. The number of amidine groups is 1. The van der Waals surface area contributed by atoms with Gasteiger partial charge in [-0.3, -0.25) is 10.2 Å². The van der Waals surface area contributed by atoms with Crippen molar-refractivity contribution >= 4 is 29.5 Å². The van der Waals surface area contributed by atoms with Crippen molar-refractivity contribution in [1.82, 2.24) is 5.32 Å². The number of carbonyl (C=O) groups is 1. The van der Waals surface area contributed by atoms with Crippen molar-refractivity contribution < 1.29 is 9.90 Å². The number of benzene rings is 1. The number of carbonyl (C=O) groups excluding carboxylic acids is 1. The van der Waals surface area contributed by atoms with E-state index < -0.39 is 17.9 Å². The van der Waals surface area contributed by atoms with Gasteiger partial charge in [0.25, 0.3) is 0 Å². The third kappa shape index (κ3) is 6.17. The zero-order chi connectivity index (χ0) is 21.2. The molecule has 0 fully saturated rings. The number of nitrogens with two attached hydrogens (primary N) is 2. The highest BCUT2D eigenvalue weighted by Crippen LogP contribution is 2.31. The van der Waals surface area contributed by atoms with E-state index in [4.69, 9.17) is 27.4 Å². The van der Waals surface area contributed by atoms with Crippen LogP contribution in [0.25, 0.3) is 0 Å². The van der Waals surface area contributed by atoms with Crippen LogP contribution in [-0.4, -0.2) is 35.5 Å². The average Bonchev–Trinajstić information content (AvgIpc) is 2.68. The van der Waals surface area contributed by atoms with Crippen molar-refractivity contribution in [3.8, 4) is 0 Å². The molecule has 1 amide bonds. The van der Waals surface area contributed by atoms with Gasteiger partial charge in [0.1, 0.15) is 18.8 Å². The Kier molecular flexibility index (Phi) is 8.77. The molecule has 0 saturated heterocycles. The lowest BCUT2D eigenvalue weighted by Crippen LogP contribution is -2.28. The van der Waals surface area contributed by atoms with E-state index in [1.54, 1.807) is 24.3 Å². The number of hydrogen-bond acceptors (Lipinski definition) is 5. The Balaban J connectivity index is 3.33. The minimum absolute atomic E-state index is 0.155. The molecule has 0 heterocycles. The first-order valence-electron chi connectivity index (χ1n) is 8.83. The summed E-state index contributed by atoms with van der Waals surface area (Å²) >= 11 is 0. The van der Waals surface area contributed by atoms with Crippen LogP contribution < -0.4 is 16.8 Å². The molecule has 0 saturated carbocycles. The molecule has 0 spiro atoms. The Morgan fingerprint density at radius 2 is 2.11 bits per heavy atom. The molecule has 1 aromatic carbocycles. The van der Waals surface area contributed by atoms with E-state index in [1.807, 2.05) is 26.0 Å². The number of aliphatic imine (C=N–C) groups is 1. The lowest BCUT2D eigenvalue weighted by atomic mass is 9.77. The van der Waals surface area contributed by atoms with Gasteiger partial charge in [0.05, 0.1) is 5.71 Å². The van der Waals surface area contributed by atoms with Crippen LogP contribution in [0.3, 0.4) is 0 Å². The van der Waals surface area contributed by atoms with Crippen LogP contribution >= 0.6 is 0 Å². The molecular weight excluding hydrogens is 356 g/mol. The molecule has 0 bridgehead atoms. The summed E-state index contributed by atoms with van der Waals surface area (Å²) in [6.07, 6.45) is 9.32. The summed E-state index contributed by atoms with van der Waals surface area (Å²) < 4.78 is 0. The number of nitrogen functional groups attached to an aromatic ring is 1. The van der Waals surface area contributed by atoms with Gasteiger partial charge in [-0.25, -0.2) is 4.99 Å². The fourth-order valence-electron chi connectivity index (χ4n) is 2.50. The second-order valence-electron chi connectivity index (χ2n) is 6.38. The van der Waals surface area contributed by atoms with E-state index >= 15 is 0 Å². The summed E-state index contributed by atoms with van der Waals surface area (Å²) in [6, 6.07) is 4.99. The SMILES string of the molecule is CC/C=C\CC(C)(/C=C/NC(=O)CO)C(=N)c1cc(C(N)=NC=N)ccc1N. The van der Waals surface area contributed by atoms with Gasteiger partial charge in [-0.1, -0.05) is 32.1 Å². The van der Waals surface area contributed by atoms with Crippen molar-refractivity contribution in [3.63, 3.8) is 0 Å². The van der Waals surface area contributed by atoms with Gasteiger partial charge in [-0.15, -0.1) is 0 Å². The number of nitrogens with zero attached hydrogens (tertiary/aromatic N) is 1. The predicted octanol–water partition coefficient (Wildman–Crippen LogP) is 1.93. The molecule has 8 nitrogen and oxygen atoms in total. The van der Waals surface area contributed by atoms with Gasteiger partial charge >= 0.3 is 0 Å². The zero-order valence-corrected chi connectivity index (χ0v) is 16.2. The van der Waals surface area contributed by atoms with Gasteiger partial charge in [0.2, 0.25) is 5.91 Å². The Morgan fingerprint density at radius 3 is 2.71 bits per heavy atom. The Bertz CT molecular complexity index is 813. The number of nitrogens with one attached hydrogen (secondary N) is 3. The third-order valence-electron chi connectivity index (χ3n) is 4.18. The van der Waals surface area contributed by atoms with E-state index in [2.05, 4.69) is 10.3 Å². The maximum Gasteiger partial charge on any atom is 0.249 e. The number of allylic oxidation sites excluding steroid dienone is 3. The molecule has 0 aliphatic heterocycles. The highest BCUT2D eigenvalue weighted by atomic mass is 16.3. The van der Waals surface area contributed by atoms with Gasteiger partial charge in [-0.2, -0.15) is 0 Å². The lowest BCUT2D eigenvalue weighted by molar-refractivity contribution is -0.122. The fourth-order valence-corrected chi connectivity index (χ4v) is 2.50. The van der Waals surface area contributed by atoms with Crippen LogP contribution in [0.15, 0.2) is 47.6 Å². The summed E-state index contributed by atoms with van der Waals surface area (Å²) in [7, 11) is 0. The number of aliphatic hydroxyl groups excluding tert-OH is 1. The van der Waals surface area contributed by atoms with Crippen LogP contribution in [0.1, 0.15) is 37.8 Å². The first kappa shape index (κ1) is 22.8. The standard InChI is InChI=1S/C20H28N6O2/c1-3-4-5-8-20(2,9-10-25-17(28)12-27)18(23)15-11-14(6-7-16(15)22)19(24)26-13-21/h4-7,9-11,13,23,27H,3,8,12,22H2,1-2H3,(H,25,28)(H3,21,24,26)/b5-4-,10-9+,23-18?. The molecule has 1 atom stereocenters. The topological polar surface area (TPSA) is 161 Å². The highest BCUT2D eigenvalue weighted by Gasteiger charge is 2.28. The minimum atomic E-state index is -0.769. The normalized spacial score (nSPS) is 14.2. The van der Waals surface area contributed by atoms with Crippen molar-refractivity contribution in [2.75, 3.05) is 12.3 Å². The van der Waals surface area contributed by atoms with E-state index in [0.717, 1.165) is 12.8 Å². The minimum Gasteiger partial charge on any atom is -0.398 e. The van der Waals surface area contributed by atoms with Gasteiger partial charge < -0.3 is 27.3 Å². The maximum atomic E-state index is 11.3. The second kappa shape index (κ2) is 10.8. The molecule has 28 heavy (non-hydrogen) atoms. The number of rotatable bonds is 10. The molecule has 8 N–H and O–H groups in total. The largest absolute Gasteiger partial charge is 0.398 e. The van der Waals surface area contributed by atoms with Crippen molar-refractivity contribution in [1.29, 1.82) is 10.8 Å². The predicted molar refractivity (Wildman–Crippen MR) is 114 cm³/mol. The number of hydrogen-bond donors (Lipinski definition) is 6. The van der Waals surface area contributed by atoms with Crippen LogP contribution in [0, 0.1) is 16.2 Å². The van der Waals surface area contributed by atoms with Crippen LogP contribution in [0.2, 0.25) is 0 Å². The molecule has 0 aliphatic rings. The smallest absolute Gasteiger partial charge is 0.249 e. The van der Waals surface area contributed by atoms with Crippen LogP contribution in [0.5, 0.6) is 0 Å². The zero-order valence-electron chi connectivity index (χ0n) is 16.2. The molecule has 1 aromatic rings. The molecule has 150 valence electrons. The summed E-state index contributed by atoms with van der Waals surface area (Å²) in [5.74, 6) is -0.381. The van der Waals surface area contributed by atoms with Crippen LogP contribution in [0.4, 0.5) is 5.69 Å². The van der Waals surface area contributed by atoms with Crippen molar-refractivity contribution in [3.05, 3.63) is 53.8 Å². The first-order chi connectivity index (χ1) is 13.3. The molecule has 1 rings (SSSR count). The average molecular weight is 384 g/mol. The van der Waals surface area contributed by atoms with E-state index in [9.17, 15) is 4.79 Å². The molecular formula is C20H28N6O2. The van der Waals surface area contributed by atoms with E-state index in [-0.39, 0.29) is 11.5 Å². The number of anilines is 1. The van der Waals surface area contributed by atoms with Gasteiger partial charge in [0, 0.05) is 28.4 Å². The first-order valence-corrected chi connectivity index (χ1v) is 8.83. The summed E-state index contributed by atoms with van der Waals surface area (Å²) in [4.78, 5) is 15.0. The monoisotopic (exact) mass is 384 g/mol. The molecule has 8 heteroatoms. The van der Waals surface area contributed by atoms with Crippen molar-refractivity contribution in [2.45, 2.75) is 26.7 Å². The van der Waals surface area contributed by atoms with Gasteiger partial charge in [0.15, 0.2) is 0 Å².